The van der Waals surface area contributed by atoms with Crippen molar-refractivity contribution in [2.75, 3.05) is 0 Å². The SMILES string of the molecule is Cc1ccc(C2(N)CCCC(C(C)C)CC2)s1. The zero-order valence-corrected chi connectivity index (χ0v) is 12.1. The first-order valence-corrected chi connectivity index (χ1v) is 7.69. The molecule has 1 fully saturated rings. The van der Waals surface area contributed by atoms with Gasteiger partial charge in [-0.3, -0.25) is 0 Å². The second kappa shape index (κ2) is 5.11. The van der Waals surface area contributed by atoms with Gasteiger partial charge in [0.2, 0.25) is 0 Å². The van der Waals surface area contributed by atoms with Gasteiger partial charge >= 0.3 is 0 Å². The second-order valence-electron chi connectivity index (χ2n) is 6.00. The fourth-order valence-corrected chi connectivity index (χ4v) is 4.03. The lowest BCUT2D eigenvalue weighted by Crippen LogP contribution is -2.35. The molecule has 1 aromatic heterocycles. The first-order valence-electron chi connectivity index (χ1n) is 6.87. The van der Waals surface area contributed by atoms with Crippen LogP contribution >= 0.6 is 11.3 Å². The smallest absolute Gasteiger partial charge is 0.0503 e. The average Bonchev–Trinajstić information content (AvgIpc) is 2.59. The van der Waals surface area contributed by atoms with Crippen LogP contribution in [0.15, 0.2) is 12.1 Å². The Labute approximate surface area is 109 Å². The quantitative estimate of drug-likeness (QED) is 0.772. The lowest BCUT2D eigenvalue weighted by Gasteiger charge is -2.27. The lowest BCUT2D eigenvalue weighted by atomic mass is 9.86. The topological polar surface area (TPSA) is 26.0 Å². The molecule has 2 rings (SSSR count). The highest BCUT2D eigenvalue weighted by Crippen LogP contribution is 2.40. The van der Waals surface area contributed by atoms with Crippen LogP contribution in [-0.4, -0.2) is 0 Å². The zero-order chi connectivity index (χ0) is 12.5. The van der Waals surface area contributed by atoms with Gasteiger partial charge in [0, 0.05) is 9.75 Å². The first kappa shape index (κ1) is 13.1. The summed E-state index contributed by atoms with van der Waals surface area (Å²) >= 11 is 1.89. The minimum Gasteiger partial charge on any atom is -0.321 e. The molecule has 2 unspecified atom stereocenters. The summed E-state index contributed by atoms with van der Waals surface area (Å²) in [4.78, 5) is 2.79. The summed E-state index contributed by atoms with van der Waals surface area (Å²) in [5.74, 6) is 1.68. The summed E-state index contributed by atoms with van der Waals surface area (Å²) in [7, 11) is 0. The van der Waals surface area contributed by atoms with Crippen LogP contribution in [0.4, 0.5) is 0 Å². The van der Waals surface area contributed by atoms with E-state index in [4.69, 9.17) is 5.73 Å². The van der Waals surface area contributed by atoms with Crippen LogP contribution in [-0.2, 0) is 5.54 Å². The molecule has 0 bridgehead atoms. The molecule has 96 valence electrons. The van der Waals surface area contributed by atoms with Crippen LogP contribution in [0.5, 0.6) is 0 Å². The van der Waals surface area contributed by atoms with Gasteiger partial charge in [-0.1, -0.05) is 26.7 Å². The van der Waals surface area contributed by atoms with Crippen LogP contribution in [0.25, 0.3) is 0 Å². The fourth-order valence-electron chi connectivity index (χ4n) is 3.01. The molecule has 2 N–H and O–H groups in total. The van der Waals surface area contributed by atoms with E-state index in [9.17, 15) is 0 Å². The summed E-state index contributed by atoms with van der Waals surface area (Å²) in [5.41, 5.74) is 6.63. The van der Waals surface area contributed by atoms with Gasteiger partial charge in [0.05, 0.1) is 5.54 Å². The van der Waals surface area contributed by atoms with E-state index in [-0.39, 0.29) is 5.54 Å². The van der Waals surface area contributed by atoms with E-state index in [1.807, 2.05) is 11.3 Å². The third-order valence-electron chi connectivity index (χ3n) is 4.33. The Morgan fingerprint density at radius 3 is 2.65 bits per heavy atom. The molecule has 1 nitrogen and oxygen atoms in total. The van der Waals surface area contributed by atoms with E-state index in [1.54, 1.807) is 0 Å². The summed E-state index contributed by atoms with van der Waals surface area (Å²) in [6.07, 6.45) is 6.27. The lowest BCUT2D eigenvalue weighted by molar-refractivity contribution is 0.327. The average molecular weight is 251 g/mol. The van der Waals surface area contributed by atoms with Crippen molar-refractivity contribution in [1.82, 2.24) is 0 Å². The van der Waals surface area contributed by atoms with E-state index in [0.29, 0.717) is 0 Å². The predicted octanol–water partition coefficient (Wildman–Crippen LogP) is 4.45. The molecule has 1 aliphatic rings. The van der Waals surface area contributed by atoms with Gasteiger partial charge in [-0.15, -0.1) is 11.3 Å². The standard InChI is InChI=1S/C15H25NS/c1-11(2)13-5-4-9-15(16,10-8-13)14-7-6-12(3)17-14/h6-7,11,13H,4-5,8-10,16H2,1-3H3. The molecule has 0 saturated heterocycles. The molecule has 0 aliphatic heterocycles. The summed E-state index contributed by atoms with van der Waals surface area (Å²) in [6.45, 7) is 6.87. The first-order chi connectivity index (χ1) is 8.01. The molecule has 1 saturated carbocycles. The molecule has 1 aliphatic carbocycles. The normalized spacial score (nSPS) is 30.5. The van der Waals surface area contributed by atoms with Gasteiger partial charge < -0.3 is 5.73 Å². The van der Waals surface area contributed by atoms with Gasteiger partial charge in [0.1, 0.15) is 0 Å². The number of hydrogen-bond donors (Lipinski definition) is 1. The molecule has 0 aromatic carbocycles. The highest BCUT2D eigenvalue weighted by atomic mass is 32.1. The third-order valence-corrected chi connectivity index (χ3v) is 5.55. The van der Waals surface area contributed by atoms with Crippen molar-refractivity contribution in [2.24, 2.45) is 17.6 Å². The molecule has 0 radical (unpaired) electrons. The van der Waals surface area contributed by atoms with Gasteiger partial charge in [0.25, 0.3) is 0 Å². The highest BCUT2D eigenvalue weighted by molar-refractivity contribution is 7.12. The van der Waals surface area contributed by atoms with Gasteiger partial charge in [-0.05, 0) is 50.2 Å². The van der Waals surface area contributed by atoms with Crippen molar-refractivity contribution in [3.05, 3.63) is 21.9 Å². The number of thiophene rings is 1. The fraction of sp³-hybridized carbons (Fsp3) is 0.733. The van der Waals surface area contributed by atoms with Crippen molar-refractivity contribution >= 4 is 11.3 Å². The molecule has 2 atom stereocenters. The minimum atomic E-state index is -0.0391. The number of rotatable bonds is 2. The number of nitrogens with two attached hydrogens (primary N) is 1. The van der Waals surface area contributed by atoms with Crippen LogP contribution in [0.2, 0.25) is 0 Å². The van der Waals surface area contributed by atoms with Crippen LogP contribution in [0.3, 0.4) is 0 Å². The maximum Gasteiger partial charge on any atom is 0.0503 e. The Kier molecular flexibility index (Phi) is 3.94. The number of hydrogen-bond acceptors (Lipinski definition) is 2. The minimum absolute atomic E-state index is 0.0391. The Balaban J connectivity index is 2.11. The van der Waals surface area contributed by atoms with Crippen LogP contribution < -0.4 is 5.73 Å². The maximum absolute atomic E-state index is 6.67. The van der Waals surface area contributed by atoms with Gasteiger partial charge in [0.15, 0.2) is 0 Å². The third kappa shape index (κ3) is 2.92. The van der Waals surface area contributed by atoms with E-state index < -0.39 is 0 Å². The molecule has 0 spiro atoms. The van der Waals surface area contributed by atoms with Gasteiger partial charge in [-0.25, -0.2) is 0 Å². The second-order valence-corrected chi connectivity index (χ2v) is 7.29. The highest BCUT2D eigenvalue weighted by Gasteiger charge is 2.32. The van der Waals surface area contributed by atoms with Crippen molar-refractivity contribution in [3.63, 3.8) is 0 Å². The Hall–Kier alpha value is -0.340. The van der Waals surface area contributed by atoms with E-state index in [1.165, 1.54) is 29.0 Å². The summed E-state index contributed by atoms with van der Waals surface area (Å²) < 4.78 is 0. The zero-order valence-electron chi connectivity index (χ0n) is 11.3. The van der Waals surface area contributed by atoms with E-state index in [0.717, 1.165) is 24.7 Å². The molecular formula is C15H25NS. The van der Waals surface area contributed by atoms with E-state index >= 15 is 0 Å². The molecule has 1 heterocycles. The molecular weight excluding hydrogens is 226 g/mol. The largest absolute Gasteiger partial charge is 0.321 e. The van der Waals surface area contributed by atoms with E-state index in [2.05, 4.69) is 32.9 Å². The molecule has 1 aromatic rings. The maximum atomic E-state index is 6.67. The molecule has 0 amide bonds. The Morgan fingerprint density at radius 1 is 1.29 bits per heavy atom. The molecule has 2 heteroatoms. The van der Waals surface area contributed by atoms with Crippen molar-refractivity contribution in [1.29, 1.82) is 0 Å². The monoisotopic (exact) mass is 251 g/mol. The van der Waals surface area contributed by atoms with Crippen molar-refractivity contribution in [2.45, 2.75) is 58.4 Å². The Morgan fingerprint density at radius 2 is 2.06 bits per heavy atom. The van der Waals surface area contributed by atoms with Crippen molar-refractivity contribution in [3.8, 4) is 0 Å². The van der Waals surface area contributed by atoms with Crippen molar-refractivity contribution < 1.29 is 0 Å². The predicted molar refractivity (Wildman–Crippen MR) is 76.3 cm³/mol. The van der Waals surface area contributed by atoms with Crippen LogP contribution in [0.1, 0.15) is 55.7 Å². The Bertz CT molecular complexity index is 369. The number of aryl methyl sites for hydroxylation is 1. The summed E-state index contributed by atoms with van der Waals surface area (Å²) in [5, 5.41) is 0. The van der Waals surface area contributed by atoms with Crippen LogP contribution in [0, 0.1) is 18.8 Å². The summed E-state index contributed by atoms with van der Waals surface area (Å²) in [6, 6.07) is 4.45. The molecule has 17 heavy (non-hydrogen) atoms. The van der Waals surface area contributed by atoms with Gasteiger partial charge in [-0.2, -0.15) is 0 Å².